The highest BCUT2D eigenvalue weighted by molar-refractivity contribution is 5.96. The van der Waals surface area contributed by atoms with Crippen LogP contribution in [0.5, 0.6) is 0 Å². The summed E-state index contributed by atoms with van der Waals surface area (Å²) < 4.78 is 5.77. The Balaban J connectivity index is 2.03. The molecule has 2 aromatic carbocycles. The van der Waals surface area contributed by atoms with Crippen molar-refractivity contribution in [3.63, 3.8) is 0 Å². The Morgan fingerprint density at radius 1 is 1.20 bits per heavy atom. The van der Waals surface area contributed by atoms with Crippen molar-refractivity contribution < 1.29 is 4.74 Å². The van der Waals surface area contributed by atoms with Crippen molar-refractivity contribution >= 4 is 16.5 Å². The fraction of sp³-hybridized carbons (Fsp3) is 0.412. The van der Waals surface area contributed by atoms with Gasteiger partial charge in [0, 0.05) is 30.7 Å². The van der Waals surface area contributed by atoms with E-state index < -0.39 is 0 Å². The zero-order valence-corrected chi connectivity index (χ0v) is 12.0. The van der Waals surface area contributed by atoms with Gasteiger partial charge < -0.3 is 15.4 Å². The second kappa shape index (κ2) is 5.81. The lowest BCUT2D eigenvalue weighted by atomic mass is 10.0. The fourth-order valence-electron chi connectivity index (χ4n) is 2.98. The molecule has 0 saturated carbocycles. The standard InChI is InChI=1S/C17H22N2O/c1-2-14-12-19(9-10-20-14)17-8-7-13(11-18)15-5-3-4-6-16(15)17/h3-8,14H,2,9-12,18H2,1H3. The molecule has 2 N–H and O–H groups in total. The highest BCUT2D eigenvalue weighted by atomic mass is 16.5. The highest BCUT2D eigenvalue weighted by Gasteiger charge is 2.20. The second-order valence-corrected chi connectivity index (χ2v) is 5.34. The van der Waals surface area contributed by atoms with Crippen molar-refractivity contribution in [1.29, 1.82) is 0 Å². The molecular weight excluding hydrogens is 248 g/mol. The molecule has 0 spiro atoms. The molecule has 3 nitrogen and oxygen atoms in total. The van der Waals surface area contributed by atoms with Crippen molar-refractivity contribution in [1.82, 2.24) is 0 Å². The van der Waals surface area contributed by atoms with E-state index in [1.165, 1.54) is 22.0 Å². The lowest BCUT2D eigenvalue weighted by Gasteiger charge is -2.35. The Bertz CT molecular complexity index is 597. The van der Waals surface area contributed by atoms with Gasteiger partial charge in [0.05, 0.1) is 12.7 Å². The molecule has 0 aromatic heterocycles. The summed E-state index contributed by atoms with van der Waals surface area (Å²) in [5, 5.41) is 2.57. The third-order valence-corrected chi connectivity index (χ3v) is 4.15. The minimum absolute atomic E-state index is 0.344. The topological polar surface area (TPSA) is 38.5 Å². The first-order valence-electron chi connectivity index (χ1n) is 7.40. The lowest BCUT2D eigenvalue weighted by molar-refractivity contribution is 0.0385. The van der Waals surface area contributed by atoms with Gasteiger partial charge >= 0.3 is 0 Å². The van der Waals surface area contributed by atoms with Crippen LogP contribution in [0.15, 0.2) is 36.4 Å². The maximum atomic E-state index is 5.85. The summed E-state index contributed by atoms with van der Waals surface area (Å²) in [4.78, 5) is 2.44. The number of benzene rings is 2. The highest BCUT2D eigenvalue weighted by Crippen LogP contribution is 2.30. The molecule has 1 saturated heterocycles. The van der Waals surface area contributed by atoms with E-state index in [1.807, 2.05) is 0 Å². The minimum atomic E-state index is 0.344. The predicted molar refractivity (Wildman–Crippen MR) is 84.1 cm³/mol. The summed E-state index contributed by atoms with van der Waals surface area (Å²) in [5.74, 6) is 0. The van der Waals surface area contributed by atoms with E-state index in [1.54, 1.807) is 0 Å². The number of morpholine rings is 1. The summed E-state index contributed by atoms with van der Waals surface area (Å²) in [5.41, 5.74) is 8.37. The summed E-state index contributed by atoms with van der Waals surface area (Å²) in [6.07, 6.45) is 1.41. The smallest absolute Gasteiger partial charge is 0.0748 e. The summed E-state index contributed by atoms with van der Waals surface area (Å²) in [6.45, 7) is 5.52. The van der Waals surface area contributed by atoms with Crippen LogP contribution in [0.1, 0.15) is 18.9 Å². The molecule has 0 radical (unpaired) electrons. The average molecular weight is 270 g/mol. The van der Waals surface area contributed by atoms with Gasteiger partial charge in [-0.25, -0.2) is 0 Å². The van der Waals surface area contributed by atoms with Crippen LogP contribution in [0.4, 0.5) is 5.69 Å². The Hall–Kier alpha value is -1.58. The first-order valence-corrected chi connectivity index (χ1v) is 7.40. The number of hydrogen-bond donors (Lipinski definition) is 1. The normalized spacial score (nSPS) is 19.5. The number of nitrogens with two attached hydrogens (primary N) is 1. The molecule has 1 unspecified atom stereocenters. The van der Waals surface area contributed by atoms with Crippen molar-refractivity contribution in [3.8, 4) is 0 Å². The van der Waals surface area contributed by atoms with Crippen LogP contribution in [0.3, 0.4) is 0 Å². The van der Waals surface area contributed by atoms with Crippen LogP contribution in [0.2, 0.25) is 0 Å². The van der Waals surface area contributed by atoms with Crippen LogP contribution < -0.4 is 10.6 Å². The van der Waals surface area contributed by atoms with E-state index >= 15 is 0 Å². The molecule has 3 heteroatoms. The molecule has 2 aromatic rings. The van der Waals surface area contributed by atoms with Gasteiger partial charge in [-0.15, -0.1) is 0 Å². The van der Waals surface area contributed by atoms with Crippen molar-refractivity contribution in [3.05, 3.63) is 42.0 Å². The average Bonchev–Trinajstić information content (AvgIpc) is 2.54. The molecule has 1 atom stereocenters. The molecule has 20 heavy (non-hydrogen) atoms. The second-order valence-electron chi connectivity index (χ2n) is 5.34. The zero-order valence-electron chi connectivity index (χ0n) is 12.0. The predicted octanol–water partition coefficient (Wildman–Crippen LogP) is 2.91. The van der Waals surface area contributed by atoms with Gasteiger partial charge in [-0.1, -0.05) is 37.3 Å². The van der Waals surface area contributed by atoms with Gasteiger partial charge in [0.25, 0.3) is 0 Å². The van der Waals surface area contributed by atoms with Gasteiger partial charge in [-0.2, -0.15) is 0 Å². The molecule has 1 aliphatic heterocycles. The first-order chi connectivity index (χ1) is 9.83. The Morgan fingerprint density at radius 2 is 2.00 bits per heavy atom. The number of fused-ring (bicyclic) bond motifs is 1. The Kier molecular flexibility index (Phi) is 3.90. The molecule has 1 heterocycles. The summed E-state index contributed by atoms with van der Waals surface area (Å²) in [6, 6.07) is 12.9. The fourth-order valence-corrected chi connectivity index (χ4v) is 2.98. The Labute approximate surface area is 120 Å². The van der Waals surface area contributed by atoms with Gasteiger partial charge in [0.15, 0.2) is 0 Å². The molecule has 1 fully saturated rings. The number of ether oxygens (including phenoxy) is 1. The Morgan fingerprint density at radius 3 is 2.75 bits per heavy atom. The van der Waals surface area contributed by atoms with Crippen LogP contribution in [0, 0.1) is 0 Å². The molecule has 106 valence electrons. The molecule has 0 amide bonds. The maximum absolute atomic E-state index is 5.85. The molecule has 3 rings (SSSR count). The molecule has 0 bridgehead atoms. The van der Waals surface area contributed by atoms with Crippen LogP contribution in [-0.4, -0.2) is 25.8 Å². The molecule has 1 aliphatic rings. The van der Waals surface area contributed by atoms with Gasteiger partial charge in [0.1, 0.15) is 0 Å². The van der Waals surface area contributed by atoms with Crippen molar-refractivity contribution in [2.75, 3.05) is 24.6 Å². The van der Waals surface area contributed by atoms with Crippen molar-refractivity contribution in [2.45, 2.75) is 26.0 Å². The zero-order chi connectivity index (χ0) is 13.9. The largest absolute Gasteiger partial charge is 0.375 e. The first kappa shape index (κ1) is 13.4. The van der Waals surface area contributed by atoms with Gasteiger partial charge in [-0.3, -0.25) is 0 Å². The third-order valence-electron chi connectivity index (χ3n) is 4.15. The maximum Gasteiger partial charge on any atom is 0.0748 e. The van der Waals surface area contributed by atoms with Gasteiger partial charge in [-0.05, 0) is 23.4 Å². The summed E-state index contributed by atoms with van der Waals surface area (Å²) in [7, 11) is 0. The van der Waals surface area contributed by atoms with E-state index in [2.05, 4.69) is 48.2 Å². The van der Waals surface area contributed by atoms with Crippen LogP contribution in [0.25, 0.3) is 10.8 Å². The summed E-state index contributed by atoms with van der Waals surface area (Å²) >= 11 is 0. The van der Waals surface area contributed by atoms with E-state index in [0.29, 0.717) is 12.6 Å². The van der Waals surface area contributed by atoms with E-state index in [4.69, 9.17) is 10.5 Å². The number of nitrogens with zero attached hydrogens (tertiary/aromatic N) is 1. The van der Waals surface area contributed by atoms with E-state index in [0.717, 1.165) is 26.1 Å². The molecule has 0 aliphatic carbocycles. The number of rotatable bonds is 3. The molecular formula is C17H22N2O. The minimum Gasteiger partial charge on any atom is -0.375 e. The van der Waals surface area contributed by atoms with E-state index in [-0.39, 0.29) is 0 Å². The van der Waals surface area contributed by atoms with Crippen LogP contribution >= 0.6 is 0 Å². The van der Waals surface area contributed by atoms with Gasteiger partial charge in [0.2, 0.25) is 0 Å². The lowest BCUT2D eigenvalue weighted by Crippen LogP contribution is -2.42. The third kappa shape index (κ3) is 2.39. The number of hydrogen-bond acceptors (Lipinski definition) is 3. The van der Waals surface area contributed by atoms with E-state index in [9.17, 15) is 0 Å². The van der Waals surface area contributed by atoms with Crippen LogP contribution in [-0.2, 0) is 11.3 Å². The quantitative estimate of drug-likeness (QED) is 0.932. The van der Waals surface area contributed by atoms with Crippen molar-refractivity contribution in [2.24, 2.45) is 5.73 Å². The number of anilines is 1. The SMILES string of the molecule is CCC1CN(c2ccc(CN)c3ccccc23)CCO1. The monoisotopic (exact) mass is 270 g/mol.